The van der Waals surface area contributed by atoms with Crippen molar-refractivity contribution < 1.29 is 9.90 Å². The average molecular weight is 262 g/mol. The van der Waals surface area contributed by atoms with Gasteiger partial charge in [0.05, 0.1) is 17.6 Å². The zero-order valence-electron chi connectivity index (χ0n) is 11.1. The number of nitrogens with zero attached hydrogens (tertiary/aromatic N) is 2. The summed E-state index contributed by atoms with van der Waals surface area (Å²) >= 11 is 0. The minimum Gasteiger partial charge on any atom is -0.395 e. The van der Waals surface area contributed by atoms with E-state index in [2.05, 4.69) is 15.3 Å². The zero-order valence-corrected chi connectivity index (χ0v) is 11.1. The number of H-pyrrole nitrogens is 1. The number of aryl methyl sites for hydroxylation is 1. The Kier molecular flexibility index (Phi) is 4.01. The maximum Gasteiger partial charge on any atom is 0.321 e. The van der Waals surface area contributed by atoms with Crippen LogP contribution in [0.1, 0.15) is 12.7 Å². The number of aromatic nitrogens is 2. The van der Waals surface area contributed by atoms with Crippen molar-refractivity contribution in [3.63, 3.8) is 0 Å². The normalized spacial score (nSPS) is 10.7. The van der Waals surface area contributed by atoms with Crippen LogP contribution < -0.4 is 5.32 Å². The molecule has 1 aromatic carbocycles. The number of aliphatic hydroxyl groups excluding tert-OH is 1. The summed E-state index contributed by atoms with van der Waals surface area (Å²) in [5.74, 6) is 0.927. The topological polar surface area (TPSA) is 81.2 Å². The largest absolute Gasteiger partial charge is 0.395 e. The van der Waals surface area contributed by atoms with Crippen LogP contribution in [0.15, 0.2) is 18.2 Å². The first kappa shape index (κ1) is 13.4. The molecule has 0 saturated carbocycles. The number of aromatic amines is 1. The van der Waals surface area contributed by atoms with E-state index in [1.54, 1.807) is 7.05 Å². The molecule has 0 aliphatic rings. The van der Waals surface area contributed by atoms with Gasteiger partial charge in [0.25, 0.3) is 0 Å². The van der Waals surface area contributed by atoms with E-state index in [0.29, 0.717) is 12.2 Å². The number of hydrogen-bond donors (Lipinski definition) is 3. The van der Waals surface area contributed by atoms with Gasteiger partial charge in [0.15, 0.2) is 0 Å². The predicted octanol–water partition coefficient (Wildman–Crippen LogP) is 1.58. The standard InChI is InChI=1S/C13H18N4O2/c1-3-12-15-10-5-4-9(8-11(10)16-12)14-13(19)17(2)6-7-18/h4-5,8,18H,3,6-7H2,1-2H3,(H,14,19)(H,15,16). The lowest BCUT2D eigenvalue weighted by atomic mass is 10.3. The minimum absolute atomic E-state index is 0.0522. The van der Waals surface area contributed by atoms with E-state index < -0.39 is 0 Å². The highest BCUT2D eigenvalue weighted by Crippen LogP contribution is 2.17. The van der Waals surface area contributed by atoms with Gasteiger partial charge in [0.2, 0.25) is 0 Å². The molecule has 0 unspecified atom stereocenters. The summed E-state index contributed by atoms with van der Waals surface area (Å²) in [5.41, 5.74) is 2.49. The van der Waals surface area contributed by atoms with Crippen molar-refractivity contribution in [1.29, 1.82) is 0 Å². The summed E-state index contributed by atoms with van der Waals surface area (Å²) in [7, 11) is 1.63. The van der Waals surface area contributed by atoms with E-state index in [4.69, 9.17) is 5.11 Å². The number of hydrogen-bond acceptors (Lipinski definition) is 3. The van der Waals surface area contributed by atoms with Crippen LogP contribution in [0.4, 0.5) is 10.5 Å². The molecule has 0 radical (unpaired) electrons. The fraction of sp³-hybridized carbons (Fsp3) is 0.385. The minimum atomic E-state index is -0.247. The van der Waals surface area contributed by atoms with Crippen molar-refractivity contribution in [1.82, 2.24) is 14.9 Å². The number of nitrogens with one attached hydrogen (secondary N) is 2. The number of aliphatic hydroxyl groups is 1. The van der Waals surface area contributed by atoms with Gasteiger partial charge in [-0.2, -0.15) is 0 Å². The second kappa shape index (κ2) is 5.71. The van der Waals surface area contributed by atoms with Gasteiger partial charge in [-0.1, -0.05) is 6.92 Å². The molecule has 1 heterocycles. The molecule has 0 saturated heterocycles. The van der Waals surface area contributed by atoms with Crippen LogP contribution in [0.2, 0.25) is 0 Å². The van der Waals surface area contributed by atoms with Crippen molar-refractivity contribution in [2.45, 2.75) is 13.3 Å². The molecule has 6 nitrogen and oxygen atoms in total. The third-order valence-corrected chi connectivity index (χ3v) is 2.90. The fourth-order valence-corrected chi connectivity index (χ4v) is 1.78. The van der Waals surface area contributed by atoms with Crippen LogP contribution in [0, 0.1) is 0 Å². The van der Waals surface area contributed by atoms with Gasteiger partial charge in [-0.15, -0.1) is 0 Å². The van der Waals surface area contributed by atoms with Crippen LogP contribution in [0.5, 0.6) is 0 Å². The Bertz CT molecular complexity index is 579. The molecule has 2 aromatic rings. The maximum atomic E-state index is 11.8. The molecule has 6 heteroatoms. The molecule has 2 amide bonds. The van der Waals surface area contributed by atoms with Gasteiger partial charge in [-0.25, -0.2) is 9.78 Å². The second-order valence-electron chi connectivity index (χ2n) is 4.34. The summed E-state index contributed by atoms with van der Waals surface area (Å²) in [6.07, 6.45) is 0.843. The van der Waals surface area contributed by atoms with Gasteiger partial charge in [-0.3, -0.25) is 0 Å². The molecule has 0 atom stereocenters. The molecule has 1 aromatic heterocycles. The SMILES string of the molecule is CCc1nc2ccc(NC(=O)N(C)CCO)cc2[nH]1. The molecule has 0 aliphatic carbocycles. The summed E-state index contributed by atoms with van der Waals surface area (Å²) in [6.45, 7) is 2.28. The van der Waals surface area contributed by atoms with Gasteiger partial charge >= 0.3 is 6.03 Å². The van der Waals surface area contributed by atoms with Crippen LogP contribution in [-0.4, -0.2) is 46.2 Å². The highest BCUT2D eigenvalue weighted by Gasteiger charge is 2.09. The van der Waals surface area contributed by atoms with Crippen molar-refractivity contribution in [2.24, 2.45) is 0 Å². The number of anilines is 1. The Hall–Kier alpha value is -2.08. The molecular weight excluding hydrogens is 244 g/mol. The Morgan fingerprint density at radius 1 is 1.53 bits per heavy atom. The lowest BCUT2D eigenvalue weighted by molar-refractivity contribution is 0.202. The fourth-order valence-electron chi connectivity index (χ4n) is 1.78. The number of imidazole rings is 1. The maximum absolute atomic E-state index is 11.8. The first-order valence-electron chi connectivity index (χ1n) is 6.25. The number of carbonyl (C=O) groups excluding carboxylic acids is 1. The molecule has 0 fully saturated rings. The van der Waals surface area contributed by atoms with Gasteiger partial charge < -0.3 is 20.3 Å². The highest BCUT2D eigenvalue weighted by molar-refractivity contribution is 5.91. The van der Waals surface area contributed by atoms with E-state index in [-0.39, 0.29) is 12.6 Å². The summed E-state index contributed by atoms with van der Waals surface area (Å²) in [4.78, 5) is 20.8. The van der Waals surface area contributed by atoms with E-state index in [1.165, 1.54) is 4.90 Å². The average Bonchev–Trinajstić information content (AvgIpc) is 2.81. The summed E-state index contributed by atoms with van der Waals surface area (Å²) < 4.78 is 0. The van der Waals surface area contributed by atoms with Crippen molar-refractivity contribution in [3.8, 4) is 0 Å². The van der Waals surface area contributed by atoms with Crippen LogP contribution >= 0.6 is 0 Å². The number of urea groups is 1. The molecular formula is C13H18N4O2. The molecule has 102 valence electrons. The van der Waals surface area contributed by atoms with E-state index in [1.807, 2.05) is 25.1 Å². The monoisotopic (exact) mass is 262 g/mol. The van der Waals surface area contributed by atoms with Gasteiger partial charge in [0.1, 0.15) is 5.82 Å². The van der Waals surface area contributed by atoms with E-state index in [9.17, 15) is 4.79 Å². The molecule has 0 bridgehead atoms. The van der Waals surface area contributed by atoms with Crippen molar-refractivity contribution >= 4 is 22.8 Å². The lowest BCUT2D eigenvalue weighted by Gasteiger charge is -2.16. The number of fused-ring (bicyclic) bond motifs is 1. The molecule has 0 spiro atoms. The smallest absolute Gasteiger partial charge is 0.321 e. The highest BCUT2D eigenvalue weighted by atomic mass is 16.3. The predicted molar refractivity (Wildman–Crippen MR) is 74.2 cm³/mol. The Morgan fingerprint density at radius 3 is 3.00 bits per heavy atom. The molecule has 3 N–H and O–H groups in total. The Balaban J connectivity index is 2.14. The van der Waals surface area contributed by atoms with E-state index >= 15 is 0 Å². The third kappa shape index (κ3) is 3.03. The van der Waals surface area contributed by atoms with Crippen LogP contribution in [0.25, 0.3) is 11.0 Å². The van der Waals surface area contributed by atoms with E-state index in [0.717, 1.165) is 23.3 Å². The van der Waals surface area contributed by atoms with Gasteiger partial charge in [0, 0.05) is 25.7 Å². The molecule has 2 rings (SSSR count). The zero-order chi connectivity index (χ0) is 13.8. The first-order valence-corrected chi connectivity index (χ1v) is 6.25. The second-order valence-corrected chi connectivity index (χ2v) is 4.34. The number of carbonyl (C=O) groups is 1. The summed E-state index contributed by atoms with van der Waals surface area (Å²) in [5, 5.41) is 11.6. The van der Waals surface area contributed by atoms with Crippen LogP contribution in [-0.2, 0) is 6.42 Å². The number of rotatable bonds is 4. The van der Waals surface area contributed by atoms with Gasteiger partial charge in [-0.05, 0) is 18.2 Å². The summed E-state index contributed by atoms with van der Waals surface area (Å²) in [6, 6.07) is 5.29. The lowest BCUT2D eigenvalue weighted by Crippen LogP contribution is -2.33. The third-order valence-electron chi connectivity index (χ3n) is 2.90. The van der Waals surface area contributed by atoms with Crippen molar-refractivity contribution in [2.75, 3.05) is 25.5 Å². The quantitative estimate of drug-likeness (QED) is 0.782. The Labute approximate surface area is 111 Å². The van der Waals surface area contributed by atoms with Crippen molar-refractivity contribution in [3.05, 3.63) is 24.0 Å². The van der Waals surface area contributed by atoms with Crippen LogP contribution in [0.3, 0.4) is 0 Å². The number of likely N-dealkylation sites (N-methyl/N-ethyl adjacent to an activating group) is 1. The first-order chi connectivity index (χ1) is 9.13. The Morgan fingerprint density at radius 2 is 2.32 bits per heavy atom. The number of benzene rings is 1. The number of amides is 2. The molecule has 0 aliphatic heterocycles. The molecule has 19 heavy (non-hydrogen) atoms.